The second-order valence-electron chi connectivity index (χ2n) is 9.38. The van der Waals surface area contributed by atoms with E-state index >= 15 is 0 Å². The third kappa shape index (κ3) is 4.58. The summed E-state index contributed by atoms with van der Waals surface area (Å²) in [5, 5.41) is 9.04. The summed E-state index contributed by atoms with van der Waals surface area (Å²) in [5.41, 5.74) is 0.168. The Kier molecular flexibility index (Phi) is 6.66. The van der Waals surface area contributed by atoms with Crippen LogP contribution in [-0.4, -0.2) is 57.6 Å². The largest absolute Gasteiger partial charge is 0.461 e. The van der Waals surface area contributed by atoms with E-state index < -0.39 is 17.2 Å². The zero-order chi connectivity index (χ0) is 29.0. The molecule has 6 rings (SSSR count). The van der Waals surface area contributed by atoms with Gasteiger partial charge in [-0.25, -0.2) is 14.6 Å². The van der Waals surface area contributed by atoms with Crippen LogP contribution in [0.25, 0.3) is 22.6 Å². The van der Waals surface area contributed by atoms with Gasteiger partial charge in [-0.1, -0.05) is 23.2 Å². The first-order valence-electron chi connectivity index (χ1n) is 12.6. The molecular formula is C25H23Cl2N9O5. The Labute approximate surface area is 241 Å². The fourth-order valence-electron chi connectivity index (χ4n) is 4.75. The predicted octanol–water partition coefficient (Wildman–Crippen LogP) is 2.23. The number of benzene rings is 1. The molecule has 4 aromatic heterocycles. The van der Waals surface area contributed by atoms with Gasteiger partial charge in [0.15, 0.2) is 16.9 Å². The van der Waals surface area contributed by atoms with Crippen LogP contribution in [0.5, 0.6) is 0 Å². The van der Waals surface area contributed by atoms with Crippen molar-refractivity contribution in [2.45, 2.75) is 26.6 Å². The smallest absolute Gasteiger partial charge is 0.358 e. The molecule has 0 aliphatic carbocycles. The average Bonchev–Trinajstić information content (AvgIpc) is 3.69. The number of halogens is 2. The highest BCUT2D eigenvalue weighted by Crippen LogP contribution is 2.29. The Bertz CT molecular complexity index is 1950. The van der Waals surface area contributed by atoms with E-state index in [1.165, 1.54) is 11.6 Å². The molecule has 5 heterocycles. The molecule has 14 nitrogen and oxygen atoms in total. The molecule has 0 N–H and O–H groups in total. The average molecular weight is 600 g/mol. The lowest BCUT2D eigenvalue weighted by molar-refractivity contribution is 0.0520. The molecule has 0 saturated carbocycles. The van der Waals surface area contributed by atoms with E-state index in [-0.39, 0.29) is 48.3 Å². The number of carbonyl (C=O) groups excluding carboxylic acids is 1. The lowest BCUT2D eigenvalue weighted by Gasteiger charge is -2.28. The van der Waals surface area contributed by atoms with Gasteiger partial charge >= 0.3 is 11.7 Å². The summed E-state index contributed by atoms with van der Waals surface area (Å²) in [6, 6.07) is 4.95. The second kappa shape index (κ2) is 10.2. The number of hydrogen-bond donors (Lipinski definition) is 0. The monoisotopic (exact) mass is 599 g/mol. The maximum absolute atomic E-state index is 13.4. The molecule has 212 valence electrons. The number of esters is 1. The SMILES string of the molecule is CCOC(=O)c1cn2c(n1)CN(c1nc3c(c(=O)n(C)c(=O)n3C)n1Cc1nnc(-c3ccc(Cl)c(Cl)c3)o1)CC2. The predicted molar refractivity (Wildman–Crippen MR) is 148 cm³/mol. The summed E-state index contributed by atoms with van der Waals surface area (Å²) in [6.07, 6.45) is 1.66. The van der Waals surface area contributed by atoms with Crippen LogP contribution in [0.2, 0.25) is 10.0 Å². The highest BCUT2D eigenvalue weighted by Gasteiger charge is 2.28. The number of anilines is 1. The van der Waals surface area contributed by atoms with Gasteiger partial charge in [-0.15, -0.1) is 10.2 Å². The first kappa shape index (κ1) is 26.8. The quantitative estimate of drug-likeness (QED) is 0.266. The fraction of sp³-hybridized carbons (Fsp3) is 0.320. The van der Waals surface area contributed by atoms with Crippen LogP contribution >= 0.6 is 23.2 Å². The molecule has 0 radical (unpaired) electrons. The number of nitrogens with zero attached hydrogens (tertiary/aromatic N) is 9. The molecule has 5 aromatic rings. The number of rotatable bonds is 6. The molecule has 0 bridgehead atoms. The third-order valence-corrected chi connectivity index (χ3v) is 7.56. The van der Waals surface area contributed by atoms with E-state index in [2.05, 4.69) is 15.2 Å². The Morgan fingerprint density at radius 1 is 1.07 bits per heavy atom. The van der Waals surface area contributed by atoms with E-state index in [0.717, 1.165) is 4.57 Å². The van der Waals surface area contributed by atoms with Gasteiger partial charge < -0.3 is 18.6 Å². The number of fused-ring (bicyclic) bond motifs is 2. The van der Waals surface area contributed by atoms with E-state index in [1.54, 1.807) is 42.9 Å². The standard InChI is InChI=1S/C25H23Cl2N9O5/c1-4-40-23(38)16-10-34-7-8-35(11-17(34)28-16)24-29-20-19(22(37)33(3)25(39)32(20)2)36(24)12-18-30-31-21(41-18)13-5-6-14(26)15(27)9-13/h5-6,9-10H,4,7-8,11-12H2,1-3H3. The number of imidazole rings is 2. The van der Waals surface area contributed by atoms with Crippen LogP contribution in [0, 0.1) is 0 Å². The molecule has 0 amide bonds. The highest BCUT2D eigenvalue weighted by atomic mass is 35.5. The zero-order valence-corrected chi connectivity index (χ0v) is 23.7. The van der Waals surface area contributed by atoms with Crippen molar-refractivity contribution in [3.8, 4) is 11.5 Å². The first-order chi connectivity index (χ1) is 19.7. The minimum Gasteiger partial charge on any atom is -0.461 e. The number of ether oxygens (including phenoxy) is 1. The maximum Gasteiger partial charge on any atom is 0.358 e. The molecule has 0 unspecified atom stereocenters. The summed E-state index contributed by atoms with van der Waals surface area (Å²) in [5.74, 6) is 0.946. The molecule has 1 aromatic carbocycles. The van der Waals surface area contributed by atoms with Crippen LogP contribution in [0.15, 0.2) is 38.4 Å². The van der Waals surface area contributed by atoms with Crippen LogP contribution in [0.4, 0.5) is 5.95 Å². The molecule has 41 heavy (non-hydrogen) atoms. The number of carbonyl (C=O) groups is 1. The van der Waals surface area contributed by atoms with Crippen LogP contribution < -0.4 is 16.1 Å². The van der Waals surface area contributed by atoms with E-state index in [0.29, 0.717) is 40.5 Å². The third-order valence-electron chi connectivity index (χ3n) is 6.82. The van der Waals surface area contributed by atoms with Gasteiger partial charge in [0.1, 0.15) is 12.4 Å². The molecule has 1 aliphatic heterocycles. The van der Waals surface area contributed by atoms with E-state index in [9.17, 15) is 14.4 Å². The lowest BCUT2D eigenvalue weighted by Crippen LogP contribution is -2.38. The molecule has 1 aliphatic rings. The van der Waals surface area contributed by atoms with Crippen molar-refractivity contribution in [2.75, 3.05) is 18.1 Å². The van der Waals surface area contributed by atoms with E-state index in [1.807, 2.05) is 9.47 Å². The van der Waals surface area contributed by atoms with Crippen molar-refractivity contribution >= 4 is 46.3 Å². The topological polar surface area (TPSA) is 148 Å². The summed E-state index contributed by atoms with van der Waals surface area (Å²) in [7, 11) is 2.96. The van der Waals surface area contributed by atoms with Gasteiger partial charge in [0, 0.05) is 38.9 Å². The Morgan fingerprint density at radius 2 is 1.88 bits per heavy atom. The van der Waals surface area contributed by atoms with Gasteiger partial charge in [0.05, 0.1) is 23.2 Å². The summed E-state index contributed by atoms with van der Waals surface area (Å²) in [4.78, 5) is 49.4. The zero-order valence-electron chi connectivity index (χ0n) is 22.2. The first-order valence-corrected chi connectivity index (χ1v) is 13.3. The Morgan fingerprint density at radius 3 is 2.63 bits per heavy atom. The number of aryl methyl sites for hydroxylation is 1. The van der Waals surface area contributed by atoms with E-state index in [4.69, 9.17) is 37.3 Å². The van der Waals surface area contributed by atoms with Crippen molar-refractivity contribution in [2.24, 2.45) is 14.1 Å². The lowest BCUT2D eigenvalue weighted by atomic mass is 10.2. The Balaban J connectivity index is 1.42. The van der Waals surface area contributed by atoms with Crippen molar-refractivity contribution in [1.29, 1.82) is 0 Å². The normalized spacial score (nSPS) is 13.1. The van der Waals surface area contributed by atoms with Crippen LogP contribution in [-0.2, 0) is 38.5 Å². The van der Waals surface area contributed by atoms with Crippen molar-refractivity contribution in [3.63, 3.8) is 0 Å². The molecule has 16 heteroatoms. The summed E-state index contributed by atoms with van der Waals surface area (Å²) in [6.45, 7) is 3.25. The van der Waals surface area contributed by atoms with Gasteiger partial charge in [-0.05, 0) is 25.1 Å². The maximum atomic E-state index is 13.4. The number of hydrogen-bond acceptors (Lipinski definition) is 10. The van der Waals surface area contributed by atoms with Crippen molar-refractivity contribution in [3.05, 3.63) is 72.7 Å². The summed E-state index contributed by atoms with van der Waals surface area (Å²) < 4.78 is 16.9. The second-order valence-corrected chi connectivity index (χ2v) is 10.2. The minimum atomic E-state index is -0.519. The number of aromatic nitrogens is 8. The molecule has 0 saturated heterocycles. The van der Waals surface area contributed by atoms with Crippen LogP contribution in [0.3, 0.4) is 0 Å². The van der Waals surface area contributed by atoms with Crippen molar-refractivity contribution in [1.82, 2.24) is 38.4 Å². The molecule has 0 spiro atoms. The van der Waals surface area contributed by atoms with Crippen molar-refractivity contribution < 1.29 is 13.9 Å². The minimum absolute atomic E-state index is 0.00733. The highest BCUT2D eigenvalue weighted by molar-refractivity contribution is 6.42. The van der Waals surface area contributed by atoms with Gasteiger partial charge in [-0.3, -0.25) is 18.5 Å². The fourth-order valence-corrected chi connectivity index (χ4v) is 5.05. The van der Waals surface area contributed by atoms with Gasteiger partial charge in [-0.2, -0.15) is 4.98 Å². The summed E-state index contributed by atoms with van der Waals surface area (Å²) >= 11 is 12.2. The van der Waals surface area contributed by atoms with Crippen LogP contribution in [0.1, 0.15) is 29.1 Å². The molecule has 0 fully saturated rings. The van der Waals surface area contributed by atoms with Gasteiger partial charge in [0.25, 0.3) is 5.56 Å². The molecular weight excluding hydrogens is 577 g/mol. The van der Waals surface area contributed by atoms with Gasteiger partial charge in [0.2, 0.25) is 17.7 Å². The Hall–Kier alpha value is -4.43. The molecule has 0 atom stereocenters.